The van der Waals surface area contributed by atoms with Crippen molar-refractivity contribution in [2.45, 2.75) is 148 Å². The lowest BCUT2D eigenvalue weighted by Crippen LogP contribution is -2.58. The van der Waals surface area contributed by atoms with E-state index in [2.05, 4.69) is 14.1 Å². The summed E-state index contributed by atoms with van der Waals surface area (Å²) < 4.78 is 34.7. The third-order valence-electron chi connectivity index (χ3n) is 12.6. The average Bonchev–Trinajstić information content (AvgIpc) is 3.34. The molecule has 0 saturated carbocycles. The number of hydrogen-bond acceptors (Lipinski definition) is 12. The molecule has 308 valence electrons. The number of esters is 6. The van der Waals surface area contributed by atoms with Crippen molar-refractivity contribution in [1.82, 2.24) is 0 Å². The maximum atomic E-state index is 13.0. The minimum absolute atomic E-state index is 0.150. The van der Waals surface area contributed by atoms with Crippen LogP contribution in [0.25, 0.3) is 0 Å². The maximum absolute atomic E-state index is 13.0. The van der Waals surface area contributed by atoms with E-state index >= 15 is 0 Å². The summed E-state index contributed by atoms with van der Waals surface area (Å²) in [4.78, 5) is 72.5. The lowest BCUT2D eigenvalue weighted by Gasteiger charge is -2.47. The first-order valence-electron chi connectivity index (χ1n) is 20.1. The number of carbonyl (C=O) groups excluding carboxylic acids is 6. The van der Waals surface area contributed by atoms with E-state index in [9.17, 15) is 28.8 Å². The van der Waals surface area contributed by atoms with E-state index in [4.69, 9.17) is 28.4 Å². The summed E-state index contributed by atoms with van der Waals surface area (Å²) in [5.41, 5.74) is 1.91. The molecule has 4 saturated heterocycles. The Bertz CT molecular complexity index is 1730. The number of hydrogen-bond donors (Lipinski definition) is 0. The Hall–Kier alpha value is -4.82. The summed E-state index contributed by atoms with van der Waals surface area (Å²) in [6.07, 6.45) is 7.37. The highest BCUT2D eigenvalue weighted by Gasteiger charge is 2.53. The van der Waals surface area contributed by atoms with Crippen molar-refractivity contribution >= 4 is 35.8 Å². The van der Waals surface area contributed by atoms with Crippen LogP contribution in [-0.4, -0.2) is 95.3 Å². The summed E-state index contributed by atoms with van der Waals surface area (Å²) in [7, 11) is 4.45. The molecule has 0 radical (unpaired) electrons. The molecule has 4 bridgehead atoms. The average molecular weight is 793 g/mol. The van der Waals surface area contributed by atoms with Crippen LogP contribution in [0.1, 0.15) is 109 Å². The highest BCUT2D eigenvalue weighted by Crippen LogP contribution is 2.46. The Kier molecular flexibility index (Phi) is 12.7. The van der Waals surface area contributed by atoms with Crippen LogP contribution in [-0.2, 0) is 51.3 Å². The summed E-state index contributed by atoms with van der Waals surface area (Å²) in [6, 6.07) is 11.8. The predicted octanol–water partition coefficient (Wildman–Crippen LogP) is 5.62. The van der Waals surface area contributed by atoms with Gasteiger partial charge in [-0.15, -0.1) is 0 Å². The fourth-order valence-corrected chi connectivity index (χ4v) is 10.00. The second-order valence-electron chi connectivity index (χ2n) is 16.7. The fourth-order valence-electron chi connectivity index (χ4n) is 10.00. The van der Waals surface area contributed by atoms with Crippen molar-refractivity contribution in [3.05, 3.63) is 47.5 Å². The Balaban J connectivity index is 0.946. The minimum Gasteiger partial charge on any atom is -0.462 e. The highest BCUT2D eigenvalue weighted by atomic mass is 16.6. The molecule has 57 heavy (non-hydrogen) atoms. The number of piperidine rings is 2. The fraction of sp³-hybridized carbons (Fsp3) is 0.581. The third kappa shape index (κ3) is 10.0. The van der Waals surface area contributed by atoms with Crippen molar-refractivity contribution in [2.75, 3.05) is 14.1 Å². The van der Waals surface area contributed by atoms with Gasteiger partial charge >= 0.3 is 35.8 Å². The Morgan fingerprint density at radius 2 is 0.825 bits per heavy atom. The quantitative estimate of drug-likeness (QED) is 0.132. The molecule has 4 aliphatic rings. The van der Waals surface area contributed by atoms with Crippen molar-refractivity contribution in [2.24, 2.45) is 0 Å². The highest BCUT2D eigenvalue weighted by molar-refractivity contribution is 5.75. The van der Waals surface area contributed by atoms with Gasteiger partial charge in [0, 0.05) is 103 Å². The van der Waals surface area contributed by atoms with Crippen molar-refractivity contribution in [1.29, 1.82) is 0 Å². The number of nitrogens with zero attached hydrogens (tertiary/aromatic N) is 2. The standard InChI is InChI=1S/C43H56N2O12/c1-26(46)52-38-16-10-30(18-40(38)54-28(3)48)24-44(5)32-12-13-33(44)21-36(20-32)56-42(50)8-7-9-43(51)57-37-22-34-14-15-35(23-37)45(34,6)25-31-11-17-39(53-27(2)47)41(19-31)55-29(4)49/h10-11,16-19,32-37H,7-9,12-15,20-25H2,1-6H3/q+2. The summed E-state index contributed by atoms with van der Waals surface area (Å²) >= 11 is 0. The number of rotatable bonds is 14. The summed E-state index contributed by atoms with van der Waals surface area (Å²) in [5.74, 6) is -1.76. The van der Waals surface area contributed by atoms with Crippen LogP contribution in [0, 0.1) is 0 Å². The van der Waals surface area contributed by atoms with E-state index < -0.39 is 23.9 Å². The largest absolute Gasteiger partial charge is 0.462 e. The van der Waals surface area contributed by atoms with Gasteiger partial charge in [0.05, 0.1) is 38.3 Å². The summed E-state index contributed by atoms with van der Waals surface area (Å²) in [6.45, 7) is 6.58. The smallest absolute Gasteiger partial charge is 0.308 e. The van der Waals surface area contributed by atoms with E-state index in [1.807, 2.05) is 12.1 Å². The predicted molar refractivity (Wildman–Crippen MR) is 204 cm³/mol. The Morgan fingerprint density at radius 1 is 0.509 bits per heavy atom. The van der Waals surface area contributed by atoms with Gasteiger partial charge in [-0.1, -0.05) is 0 Å². The summed E-state index contributed by atoms with van der Waals surface area (Å²) in [5, 5.41) is 0. The lowest BCUT2D eigenvalue weighted by atomic mass is 9.95. The van der Waals surface area contributed by atoms with Crippen molar-refractivity contribution < 1.29 is 66.2 Å². The maximum Gasteiger partial charge on any atom is 0.308 e. The van der Waals surface area contributed by atoms with Crippen LogP contribution in [0.2, 0.25) is 0 Å². The monoisotopic (exact) mass is 792 g/mol. The van der Waals surface area contributed by atoms with Crippen LogP contribution in [0.5, 0.6) is 23.0 Å². The van der Waals surface area contributed by atoms with Crippen LogP contribution in [0.3, 0.4) is 0 Å². The van der Waals surface area contributed by atoms with Crippen LogP contribution >= 0.6 is 0 Å². The molecule has 0 aliphatic carbocycles. The molecule has 0 aromatic heterocycles. The molecule has 4 unspecified atom stereocenters. The molecule has 4 heterocycles. The lowest BCUT2D eigenvalue weighted by molar-refractivity contribution is -0.961. The third-order valence-corrected chi connectivity index (χ3v) is 12.6. The molecule has 4 fully saturated rings. The van der Waals surface area contributed by atoms with E-state index in [-0.39, 0.29) is 60.0 Å². The van der Waals surface area contributed by atoms with Crippen LogP contribution in [0.4, 0.5) is 0 Å². The molecule has 0 N–H and O–H groups in total. The van der Waals surface area contributed by atoms with E-state index in [0.29, 0.717) is 43.7 Å². The zero-order chi connectivity index (χ0) is 41.1. The molecular weight excluding hydrogens is 736 g/mol. The molecule has 14 heteroatoms. The molecule has 4 aliphatic heterocycles. The van der Waals surface area contributed by atoms with Gasteiger partial charge in [0.2, 0.25) is 0 Å². The number of benzene rings is 2. The second kappa shape index (κ2) is 17.4. The Labute approximate surface area is 333 Å². The van der Waals surface area contributed by atoms with Gasteiger partial charge in [-0.05, 0) is 42.8 Å². The molecular formula is C43H56N2O12+2. The van der Waals surface area contributed by atoms with E-state index in [1.54, 1.807) is 24.3 Å². The molecule has 2 aromatic rings. The normalized spacial score (nSPS) is 28.5. The molecule has 14 nitrogen and oxygen atoms in total. The number of ether oxygens (including phenoxy) is 6. The number of quaternary nitrogens is 2. The number of fused-ring (bicyclic) bond motifs is 4. The first-order chi connectivity index (χ1) is 27.0. The van der Waals surface area contributed by atoms with Gasteiger partial charge in [0.1, 0.15) is 25.3 Å². The number of carbonyl (C=O) groups is 6. The first-order valence-corrected chi connectivity index (χ1v) is 20.1. The van der Waals surface area contributed by atoms with Crippen molar-refractivity contribution in [3.63, 3.8) is 0 Å². The van der Waals surface area contributed by atoms with Crippen molar-refractivity contribution in [3.8, 4) is 23.0 Å². The second-order valence-corrected chi connectivity index (χ2v) is 16.7. The zero-order valence-corrected chi connectivity index (χ0v) is 33.9. The van der Waals surface area contributed by atoms with Gasteiger partial charge < -0.3 is 37.4 Å². The van der Waals surface area contributed by atoms with Crippen LogP contribution < -0.4 is 18.9 Å². The van der Waals surface area contributed by atoms with Crippen LogP contribution in [0.15, 0.2) is 36.4 Å². The van der Waals surface area contributed by atoms with Gasteiger partial charge in [-0.25, -0.2) is 0 Å². The SMILES string of the molecule is CC(=O)Oc1ccc(C[N+]2(C)C3CCC2CC(OC(=O)CCCC(=O)OC2CC4CCC(C2)[N+]4(C)Cc2ccc(OC(C)=O)c(OC(C)=O)c2)C3)cc1OC(C)=O. The van der Waals surface area contributed by atoms with Gasteiger partial charge in [0.25, 0.3) is 0 Å². The van der Waals surface area contributed by atoms with E-state index in [1.165, 1.54) is 27.7 Å². The molecule has 6 rings (SSSR count). The first kappa shape index (κ1) is 41.8. The molecule has 2 aromatic carbocycles. The Morgan fingerprint density at radius 3 is 1.14 bits per heavy atom. The van der Waals surface area contributed by atoms with E-state index in [0.717, 1.165) is 71.5 Å². The topological polar surface area (TPSA) is 158 Å². The molecule has 4 atom stereocenters. The molecule has 0 amide bonds. The molecule has 0 spiro atoms. The van der Waals surface area contributed by atoms with Gasteiger partial charge in [-0.3, -0.25) is 28.8 Å². The van der Waals surface area contributed by atoms with Gasteiger partial charge in [-0.2, -0.15) is 0 Å². The minimum atomic E-state index is -0.501. The zero-order valence-electron chi connectivity index (χ0n) is 33.9. The van der Waals surface area contributed by atoms with Gasteiger partial charge in [0.15, 0.2) is 23.0 Å².